The maximum absolute atomic E-state index is 12.3. The van der Waals surface area contributed by atoms with Gasteiger partial charge in [0.05, 0.1) is 11.5 Å². The Morgan fingerprint density at radius 2 is 1.00 bits per heavy atom. The minimum absolute atomic E-state index is 0.0564. The standard InChI is InChI=1S/C20H44N2O4S2/c1-5-7-9-11-13-15-17-27(23,24)21-19-20(3,4)22-28(25,26)18-16-14-12-10-8-6-2/h21-22H,5-19H2,1-4H3. The SMILES string of the molecule is CCCCCCCCS(=O)(=O)NCC(C)(C)NS(=O)(=O)CCCCCCCC. The Bertz CT molecular complexity index is 587. The van der Waals surface area contributed by atoms with E-state index in [1.807, 2.05) is 0 Å². The third-order valence-corrected chi connectivity index (χ3v) is 7.80. The predicted octanol–water partition coefficient (Wildman–Crippen LogP) is 4.32. The molecule has 0 amide bonds. The minimum atomic E-state index is -3.41. The number of hydrogen-bond donors (Lipinski definition) is 2. The minimum Gasteiger partial charge on any atom is -0.213 e. The van der Waals surface area contributed by atoms with Crippen molar-refractivity contribution in [2.45, 2.75) is 110 Å². The molecule has 0 spiro atoms. The second-order valence-electron chi connectivity index (χ2n) is 8.48. The zero-order valence-electron chi connectivity index (χ0n) is 18.6. The summed E-state index contributed by atoms with van der Waals surface area (Å²) in [6.45, 7) is 7.77. The van der Waals surface area contributed by atoms with Crippen LogP contribution in [0.5, 0.6) is 0 Å². The van der Waals surface area contributed by atoms with Crippen LogP contribution >= 0.6 is 0 Å². The second-order valence-corrected chi connectivity index (χ2v) is 12.2. The normalized spacial score (nSPS) is 13.1. The van der Waals surface area contributed by atoms with E-state index < -0.39 is 25.6 Å². The van der Waals surface area contributed by atoms with Gasteiger partial charge in [-0.05, 0) is 26.7 Å². The van der Waals surface area contributed by atoms with E-state index in [-0.39, 0.29) is 18.1 Å². The Hall–Kier alpha value is -0.180. The summed E-state index contributed by atoms with van der Waals surface area (Å²) in [5, 5.41) is 0. The summed E-state index contributed by atoms with van der Waals surface area (Å²) in [4.78, 5) is 0. The number of nitrogens with one attached hydrogen (secondary N) is 2. The zero-order chi connectivity index (χ0) is 21.5. The Labute approximate surface area is 174 Å². The lowest BCUT2D eigenvalue weighted by Gasteiger charge is -2.26. The average Bonchev–Trinajstić information content (AvgIpc) is 2.59. The molecule has 0 aromatic heterocycles. The lowest BCUT2D eigenvalue weighted by Crippen LogP contribution is -2.52. The molecule has 6 nitrogen and oxygen atoms in total. The van der Waals surface area contributed by atoms with Gasteiger partial charge in [-0.3, -0.25) is 0 Å². The van der Waals surface area contributed by atoms with E-state index in [1.165, 1.54) is 25.7 Å². The molecule has 0 aromatic carbocycles. The van der Waals surface area contributed by atoms with E-state index in [0.29, 0.717) is 12.8 Å². The summed E-state index contributed by atoms with van der Waals surface area (Å²) in [6.07, 6.45) is 12.2. The number of rotatable bonds is 19. The van der Waals surface area contributed by atoms with Gasteiger partial charge in [-0.25, -0.2) is 26.3 Å². The van der Waals surface area contributed by atoms with Crippen molar-refractivity contribution in [3.05, 3.63) is 0 Å². The van der Waals surface area contributed by atoms with Crippen molar-refractivity contribution >= 4 is 20.0 Å². The molecule has 0 aromatic rings. The van der Waals surface area contributed by atoms with Gasteiger partial charge in [0.2, 0.25) is 20.0 Å². The first-order chi connectivity index (χ1) is 13.0. The van der Waals surface area contributed by atoms with Crippen LogP contribution in [-0.2, 0) is 20.0 Å². The molecule has 0 aliphatic carbocycles. The van der Waals surface area contributed by atoms with Crippen LogP contribution in [0.15, 0.2) is 0 Å². The van der Waals surface area contributed by atoms with Crippen LogP contribution in [0, 0.1) is 0 Å². The second kappa shape index (κ2) is 14.7. The largest absolute Gasteiger partial charge is 0.213 e. The smallest absolute Gasteiger partial charge is 0.212 e. The van der Waals surface area contributed by atoms with Crippen LogP contribution in [0.4, 0.5) is 0 Å². The van der Waals surface area contributed by atoms with Crippen molar-refractivity contribution in [2.75, 3.05) is 18.1 Å². The summed E-state index contributed by atoms with van der Waals surface area (Å²) in [6, 6.07) is 0. The van der Waals surface area contributed by atoms with Crippen LogP contribution in [0.1, 0.15) is 105 Å². The Balaban J connectivity index is 4.18. The summed E-state index contributed by atoms with van der Waals surface area (Å²) >= 11 is 0. The first-order valence-corrected chi connectivity index (χ1v) is 14.3. The van der Waals surface area contributed by atoms with Gasteiger partial charge in [-0.2, -0.15) is 0 Å². The van der Waals surface area contributed by atoms with Crippen molar-refractivity contribution in [1.82, 2.24) is 9.44 Å². The highest BCUT2D eigenvalue weighted by Crippen LogP contribution is 2.10. The van der Waals surface area contributed by atoms with E-state index in [0.717, 1.165) is 38.5 Å². The topological polar surface area (TPSA) is 92.3 Å². The van der Waals surface area contributed by atoms with E-state index in [9.17, 15) is 16.8 Å². The zero-order valence-corrected chi connectivity index (χ0v) is 20.2. The Kier molecular flexibility index (Phi) is 14.7. The van der Waals surface area contributed by atoms with E-state index in [1.54, 1.807) is 13.8 Å². The molecule has 0 fully saturated rings. The summed E-state index contributed by atoms with van der Waals surface area (Å²) < 4.78 is 54.0. The molecule has 0 atom stereocenters. The summed E-state index contributed by atoms with van der Waals surface area (Å²) in [7, 11) is -6.79. The molecule has 0 aliphatic rings. The van der Waals surface area contributed by atoms with Gasteiger partial charge in [-0.1, -0.05) is 78.1 Å². The molecule has 8 heteroatoms. The summed E-state index contributed by atoms with van der Waals surface area (Å²) in [5.74, 6) is 0.187. The van der Waals surface area contributed by atoms with Crippen molar-refractivity contribution in [3.63, 3.8) is 0 Å². The molecule has 0 aliphatic heterocycles. The maximum Gasteiger partial charge on any atom is 0.212 e. The first-order valence-electron chi connectivity index (χ1n) is 11.0. The van der Waals surface area contributed by atoms with Gasteiger partial charge in [0.1, 0.15) is 0 Å². The van der Waals surface area contributed by atoms with Crippen LogP contribution in [0.3, 0.4) is 0 Å². The quantitative estimate of drug-likeness (QED) is 0.292. The van der Waals surface area contributed by atoms with Crippen LogP contribution in [-0.4, -0.2) is 40.4 Å². The molecule has 0 heterocycles. The molecule has 0 radical (unpaired) electrons. The number of sulfonamides is 2. The number of hydrogen-bond acceptors (Lipinski definition) is 4. The third-order valence-electron chi connectivity index (χ3n) is 4.70. The molecule has 0 saturated heterocycles. The van der Waals surface area contributed by atoms with Crippen LogP contribution in [0.2, 0.25) is 0 Å². The van der Waals surface area contributed by atoms with Crippen LogP contribution in [0.25, 0.3) is 0 Å². The van der Waals surface area contributed by atoms with Gasteiger partial charge in [0, 0.05) is 12.1 Å². The Morgan fingerprint density at radius 1 is 0.607 bits per heavy atom. The predicted molar refractivity (Wildman–Crippen MR) is 120 cm³/mol. The molecule has 0 bridgehead atoms. The fraction of sp³-hybridized carbons (Fsp3) is 1.00. The Morgan fingerprint density at radius 3 is 1.46 bits per heavy atom. The van der Waals surface area contributed by atoms with E-state index in [2.05, 4.69) is 23.3 Å². The molecular formula is C20H44N2O4S2. The van der Waals surface area contributed by atoms with Crippen LogP contribution < -0.4 is 9.44 Å². The molecule has 28 heavy (non-hydrogen) atoms. The third kappa shape index (κ3) is 16.7. The van der Waals surface area contributed by atoms with Gasteiger partial charge in [0.25, 0.3) is 0 Å². The monoisotopic (exact) mass is 440 g/mol. The summed E-state index contributed by atoms with van der Waals surface area (Å²) in [5.41, 5.74) is -0.852. The lowest BCUT2D eigenvalue weighted by molar-refractivity contribution is 0.442. The average molecular weight is 441 g/mol. The first kappa shape index (κ1) is 27.8. The highest BCUT2D eigenvalue weighted by atomic mass is 32.2. The molecule has 0 unspecified atom stereocenters. The van der Waals surface area contributed by atoms with E-state index in [4.69, 9.17) is 0 Å². The van der Waals surface area contributed by atoms with Crippen molar-refractivity contribution in [3.8, 4) is 0 Å². The molecule has 2 N–H and O–H groups in total. The molecule has 170 valence electrons. The lowest BCUT2D eigenvalue weighted by atomic mass is 10.1. The van der Waals surface area contributed by atoms with Gasteiger partial charge in [0.15, 0.2) is 0 Å². The van der Waals surface area contributed by atoms with E-state index >= 15 is 0 Å². The van der Waals surface area contributed by atoms with Crippen molar-refractivity contribution < 1.29 is 16.8 Å². The van der Waals surface area contributed by atoms with Crippen molar-refractivity contribution in [1.29, 1.82) is 0 Å². The fourth-order valence-electron chi connectivity index (χ4n) is 3.02. The van der Waals surface area contributed by atoms with Gasteiger partial charge in [-0.15, -0.1) is 0 Å². The maximum atomic E-state index is 12.3. The molecule has 0 rings (SSSR count). The fourth-order valence-corrected chi connectivity index (χ4v) is 5.93. The van der Waals surface area contributed by atoms with Gasteiger partial charge >= 0.3 is 0 Å². The van der Waals surface area contributed by atoms with Gasteiger partial charge < -0.3 is 0 Å². The highest BCUT2D eigenvalue weighted by Gasteiger charge is 2.26. The molecule has 0 saturated carbocycles. The number of unbranched alkanes of at least 4 members (excludes halogenated alkanes) is 10. The molecular weight excluding hydrogens is 396 g/mol. The van der Waals surface area contributed by atoms with Crippen molar-refractivity contribution in [2.24, 2.45) is 0 Å². The highest BCUT2D eigenvalue weighted by molar-refractivity contribution is 7.89.